The molecule has 0 spiro atoms. The highest BCUT2D eigenvalue weighted by atomic mass is 16.2. The summed E-state index contributed by atoms with van der Waals surface area (Å²) in [4.78, 5) is 43.7. The number of likely N-dealkylation sites (tertiary alicyclic amines) is 1. The van der Waals surface area contributed by atoms with E-state index in [1.54, 1.807) is 11.5 Å². The normalized spacial score (nSPS) is 14.5. The largest absolute Gasteiger partial charge is 0.347 e. The average Bonchev–Trinajstić information content (AvgIpc) is 2.78. The van der Waals surface area contributed by atoms with Crippen molar-refractivity contribution in [3.05, 3.63) is 70.2 Å². The lowest BCUT2D eigenvalue weighted by atomic mass is 9.91. The molecule has 1 amide bonds. The van der Waals surface area contributed by atoms with Crippen molar-refractivity contribution in [3.63, 3.8) is 0 Å². The number of aromatic nitrogens is 5. The SMILES string of the molecule is Cc1cc(-c2cncnc2)cc(C2CCN(C(=O)CCn3c(C)cc(C)nc3=O)CC2)n1. The third kappa shape index (κ3) is 4.90. The van der Waals surface area contributed by atoms with Crippen LogP contribution in [0, 0.1) is 20.8 Å². The number of amides is 1. The van der Waals surface area contributed by atoms with Gasteiger partial charge in [0, 0.05) is 72.7 Å². The lowest BCUT2D eigenvalue weighted by Crippen LogP contribution is -2.39. The van der Waals surface area contributed by atoms with Gasteiger partial charge in [-0.3, -0.25) is 14.3 Å². The lowest BCUT2D eigenvalue weighted by Gasteiger charge is -2.32. The monoisotopic (exact) mass is 432 g/mol. The van der Waals surface area contributed by atoms with Gasteiger partial charge in [0.05, 0.1) is 0 Å². The van der Waals surface area contributed by atoms with E-state index in [-0.39, 0.29) is 11.6 Å². The Hall–Kier alpha value is -3.42. The van der Waals surface area contributed by atoms with Crippen LogP contribution in [0.1, 0.15) is 48.0 Å². The fourth-order valence-electron chi connectivity index (χ4n) is 4.35. The van der Waals surface area contributed by atoms with Gasteiger partial charge in [-0.15, -0.1) is 0 Å². The highest BCUT2D eigenvalue weighted by Gasteiger charge is 2.25. The first-order chi connectivity index (χ1) is 15.4. The van der Waals surface area contributed by atoms with Crippen molar-refractivity contribution in [1.29, 1.82) is 0 Å². The Bertz CT molecular complexity index is 1170. The van der Waals surface area contributed by atoms with E-state index in [1.165, 1.54) is 6.33 Å². The standard InChI is InChI=1S/C24H28N6O2/c1-16-10-18(3)30(24(32)28-16)9-6-23(31)29-7-4-19(5-8-29)22-12-20(11-17(2)27-22)21-13-25-15-26-14-21/h10-15,19H,4-9H2,1-3H3. The van der Waals surface area contributed by atoms with E-state index in [2.05, 4.69) is 21.0 Å². The molecule has 1 aliphatic heterocycles. The fourth-order valence-corrected chi connectivity index (χ4v) is 4.35. The summed E-state index contributed by atoms with van der Waals surface area (Å²) in [5, 5.41) is 0. The topological polar surface area (TPSA) is 93.9 Å². The van der Waals surface area contributed by atoms with Crippen molar-refractivity contribution >= 4 is 5.91 Å². The van der Waals surface area contributed by atoms with Gasteiger partial charge in [0.1, 0.15) is 6.33 Å². The molecule has 0 aromatic carbocycles. The third-order valence-electron chi connectivity index (χ3n) is 6.03. The number of pyridine rings is 1. The summed E-state index contributed by atoms with van der Waals surface area (Å²) in [5.41, 5.74) is 5.31. The van der Waals surface area contributed by atoms with Gasteiger partial charge >= 0.3 is 5.69 Å². The van der Waals surface area contributed by atoms with Crippen LogP contribution in [0.25, 0.3) is 11.1 Å². The predicted octanol–water partition coefficient (Wildman–Crippen LogP) is 2.82. The van der Waals surface area contributed by atoms with Gasteiger partial charge in [-0.25, -0.2) is 14.8 Å². The maximum atomic E-state index is 12.8. The van der Waals surface area contributed by atoms with Gasteiger partial charge in [0.2, 0.25) is 5.91 Å². The molecule has 4 rings (SSSR count). The molecule has 0 N–H and O–H groups in total. The van der Waals surface area contributed by atoms with Crippen molar-refractivity contribution in [3.8, 4) is 11.1 Å². The summed E-state index contributed by atoms with van der Waals surface area (Å²) in [6.07, 6.45) is 7.19. The van der Waals surface area contributed by atoms with Crippen LogP contribution >= 0.6 is 0 Å². The van der Waals surface area contributed by atoms with E-state index < -0.39 is 0 Å². The number of carbonyl (C=O) groups excluding carboxylic acids is 1. The van der Waals surface area contributed by atoms with Gasteiger partial charge < -0.3 is 4.90 Å². The maximum Gasteiger partial charge on any atom is 0.347 e. The number of carbonyl (C=O) groups is 1. The zero-order valence-corrected chi connectivity index (χ0v) is 18.8. The highest BCUT2D eigenvalue weighted by molar-refractivity contribution is 5.76. The molecule has 8 nitrogen and oxygen atoms in total. The molecular weight excluding hydrogens is 404 g/mol. The molecule has 3 aromatic heterocycles. The molecular formula is C24H28N6O2. The Morgan fingerprint density at radius 3 is 2.34 bits per heavy atom. The second-order valence-corrected chi connectivity index (χ2v) is 8.43. The molecule has 32 heavy (non-hydrogen) atoms. The number of aryl methyl sites for hydroxylation is 3. The maximum absolute atomic E-state index is 12.8. The summed E-state index contributed by atoms with van der Waals surface area (Å²) in [6, 6.07) is 6.03. The minimum absolute atomic E-state index is 0.0784. The first-order valence-corrected chi connectivity index (χ1v) is 11.0. The minimum atomic E-state index is -0.292. The van der Waals surface area contributed by atoms with Crippen LogP contribution in [0.4, 0.5) is 0 Å². The molecule has 4 heterocycles. The average molecular weight is 433 g/mol. The molecule has 1 aliphatic rings. The Morgan fingerprint density at radius 2 is 1.66 bits per heavy atom. The molecule has 8 heteroatoms. The number of nitrogens with zero attached hydrogens (tertiary/aromatic N) is 6. The number of hydrogen-bond donors (Lipinski definition) is 0. The van der Waals surface area contributed by atoms with Crippen LogP contribution < -0.4 is 5.69 Å². The third-order valence-corrected chi connectivity index (χ3v) is 6.03. The van der Waals surface area contributed by atoms with Crippen LogP contribution in [-0.2, 0) is 11.3 Å². The van der Waals surface area contributed by atoms with Crippen LogP contribution in [0.2, 0.25) is 0 Å². The Morgan fingerprint density at radius 1 is 0.969 bits per heavy atom. The zero-order chi connectivity index (χ0) is 22.7. The molecule has 0 radical (unpaired) electrons. The minimum Gasteiger partial charge on any atom is -0.343 e. The van der Waals surface area contributed by atoms with E-state index in [0.717, 1.165) is 41.1 Å². The molecule has 0 unspecified atom stereocenters. The summed E-state index contributed by atoms with van der Waals surface area (Å²) >= 11 is 0. The predicted molar refractivity (Wildman–Crippen MR) is 121 cm³/mol. The van der Waals surface area contributed by atoms with Crippen molar-refractivity contribution in [2.45, 2.75) is 52.5 Å². The Labute approximate surface area is 187 Å². The number of rotatable bonds is 5. The molecule has 3 aromatic rings. The fraction of sp³-hybridized carbons (Fsp3) is 0.417. The van der Waals surface area contributed by atoms with E-state index in [9.17, 15) is 9.59 Å². The highest BCUT2D eigenvalue weighted by Crippen LogP contribution is 2.30. The van der Waals surface area contributed by atoms with Crippen molar-refractivity contribution in [2.24, 2.45) is 0 Å². The van der Waals surface area contributed by atoms with Gasteiger partial charge in [-0.05, 0) is 57.4 Å². The Kier molecular flexibility index (Phi) is 6.39. The van der Waals surface area contributed by atoms with Gasteiger partial charge in [-0.2, -0.15) is 4.98 Å². The van der Waals surface area contributed by atoms with Crippen molar-refractivity contribution in [2.75, 3.05) is 13.1 Å². The first kappa shape index (κ1) is 21.8. The second-order valence-electron chi connectivity index (χ2n) is 8.43. The van der Waals surface area contributed by atoms with Gasteiger partial charge in [-0.1, -0.05) is 0 Å². The van der Waals surface area contributed by atoms with Gasteiger partial charge in [0.25, 0.3) is 0 Å². The van der Waals surface area contributed by atoms with Gasteiger partial charge in [0.15, 0.2) is 0 Å². The summed E-state index contributed by atoms with van der Waals surface area (Å²) in [5.74, 6) is 0.392. The molecule has 1 saturated heterocycles. The summed E-state index contributed by atoms with van der Waals surface area (Å²) < 4.78 is 1.57. The smallest absolute Gasteiger partial charge is 0.343 e. The Balaban J connectivity index is 1.38. The lowest BCUT2D eigenvalue weighted by molar-refractivity contribution is -0.132. The second kappa shape index (κ2) is 9.38. The van der Waals surface area contributed by atoms with E-state index >= 15 is 0 Å². The van der Waals surface area contributed by atoms with Crippen LogP contribution in [0.3, 0.4) is 0 Å². The van der Waals surface area contributed by atoms with E-state index in [4.69, 9.17) is 4.98 Å². The zero-order valence-electron chi connectivity index (χ0n) is 18.8. The molecule has 166 valence electrons. The van der Waals surface area contributed by atoms with Crippen LogP contribution in [0.15, 0.2) is 41.7 Å². The quantitative estimate of drug-likeness (QED) is 0.615. The molecule has 0 saturated carbocycles. The molecule has 0 aliphatic carbocycles. The van der Waals surface area contributed by atoms with Crippen LogP contribution in [0.5, 0.6) is 0 Å². The first-order valence-electron chi connectivity index (χ1n) is 11.0. The molecule has 0 atom stereocenters. The van der Waals surface area contributed by atoms with Crippen molar-refractivity contribution in [1.82, 2.24) is 29.4 Å². The van der Waals surface area contributed by atoms with Crippen molar-refractivity contribution < 1.29 is 4.79 Å². The summed E-state index contributed by atoms with van der Waals surface area (Å²) in [7, 11) is 0. The number of hydrogen-bond acceptors (Lipinski definition) is 6. The summed E-state index contributed by atoms with van der Waals surface area (Å²) in [6.45, 7) is 7.42. The molecule has 1 fully saturated rings. The number of piperidine rings is 1. The van der Waals surface area contributed by atoms with E-state index in [1.807, 2.05) is 43.3 Å². The molecule has 0 bridgehead atoms. The van der Waals surface area contributed by atoms with E-state index in [0.29, 0.717) is 37.7 Å². The van der Waals surface area contributed by atoms with Crippen LogP contribution in [-0.4, -0.2) is 48.4 Å².